The number of methoxy groups -OCH3 is 2. The van der Waals surface area contributed by atoms with Crippen LogP contribution in [0.1, 0.15) is 23.2 Å². The fourth-order valence-corrected chi connectivity index (χ4v) is 4.17. The van der Waals surface area contributed by atoms with Crippen LogP contribution in [0.4, 0.5) is 4.79 Å². The maximum absolute atomic E-state index is 12.4. The Morgan fingerprint density at radius 1 is 1.21 bits per heavy atom. The minimum atomic E-state index is 0.00885. The zero-order chi connectivity index (χ0) is 20.6. The van der Waals surface area contributed by atoms with E-state index in [0.717, 1.165) is 73.3 Å². The molecule has 1 fully saturated rings. The molecule has 0 aliphatic carbocycles. The van der Waals surface area contributed by atoms with E-state index in [1.807, 2.05) is 23.1 Å². The Kier molecular flexibility index (Phi) is 7.71. The normalized spacial score (nSPS) is 14.7. The fourth-order valence-electron chi connectivity index (χ4n) is 3.39. The molecule has 29 heavy (non-hydrogen) atoms. The van der Waals surface area contributed by atoms with Gasteiger partial charge in [-0.2, -0.15) is 0 Å². The van der Waals surface area contributed by atoms with Crippen molar-refractivity contribution < 1.29 is 14.3 Å². The highest BCUT2D eigenvalue weighted by molar-refractivity contribution is 7.09. The van der Waals surface area contributed by atoms with Gasteiger partial charge in [-0.15, -0.1) is 11.3 Å². The SMILES string of the molecule is CCc1nc(CCNC(=O)N2CCN(Cc3cc(OC)ccc3OC)CC2)cs1. The van der Waals surface area contributed by atoms with Gasteiger partial charge in [-0.1, -0.05) is 6.92 Å². The molecule has 7 nitrogen and oxygen atoms in total. The van der Waals surface area contributed by atoms with Crippen LogP contribution < -0.4 is 14.8 Å². The topological polar surface area (TPSA) is 66.9 Å². The van der Waals surface area contributed by atoms with Gasteiger partial charge in [-0.25, -0.2) is 9.78 Å². The number of hydrogen-bond acceptors (Lipinski definition) is 6. The van der Waals surface area contributed by atoms with E-state index in [1.54, 1.807) is 25.6 Å². The van der Waals surface area contributed by atoms with Crippen LogP contribution in [0.15, 0.2) is 23.6 Å². The van der Waals surface area contributed by atoms with Gasteiger partial charge in [0.2, 0.25) is 0 Å². The number of benzene rings is 1. The summed E-state index contributed by atoms with van der Waals surface area (Å²) in [6, 6.07) is 5.86. The molecule has 1 saturated heterocycles. The molecule has 0 bridgehead atoms. The number of ether oxygens (including phenoxy) is 2. The summed E-state index contributed by atoms with van der Waals surface area (Å²) in [5, 5.41) is 6.25. The number of amides is 2. The van der Waals surface area contributed by atoms with Crippen molar-refractivity contribution in [1.82, 2.24) is 20.1 Å². The number of carbonyl (C=O) groups is 1. The summed E-state index contributed by atoms with van der Waals surface area (Å²) >= 11 is 1.69. The Morgan fingerprint density at radius 2 is 2.00 bits per heavy atom. The van der Waals surface area contributed by atoms with Crippen molar-refractivity contribution >= 4 is 17.4 Å². The minimum Gasteiger partial charge on any atom is -0.497 e. The molecule has 0 unspecified atom stereocenters. The van der Waals surface area contributed by atoms with Crippen LogP contribution in [0, 0.1) is 0 Å². The van der Waals surface area contributed by atoms with Gasteiger partial charge >= 0.3 is 6.03 Å². The maximum Gasteiger partial charge on any atom is 0.317 e. The second kappa shape index (κ2) is 10.5. The van der Waals surface area contributed by atoms with Crippen LogP contribution >= 0.6 is 11.3 Å². The highest BCUT2D eigenvalue weighted by Gasteiger charge is 2.22. The van der Waals surface area contributed by atoms with Gasteiger partial charge in [0, 0.05) is 56.6 Å². The Bertz CT molecular complexity index is 803. The predicted molar refractivity (Wildman–Crippen MR) is 115 cm³/mol. The lowest BCUT2D eigenvalue weighted by atomic mass is 10.1. The Morgan fingerprint density at radius 3 is 2.66 bits per heavy atom. The van der Waals surface area contributed by atoms with Gasteiger partial charge in [0.1, 0.15) is 11.5 Å². The summed E-state index contributed by atoms with van der Waals surface area (Å²) in [5.41, 5.74) is 2.16. The molecule has 1 aliphatic rings. The van der Waals surface area contributed by atoms with E-state index >= 15 is 0 Å². The number of piperazine rings is 1. The van der Waals surface area contributed by atoms with Crippen LogP contribution in [0.2, 0.25) is 0 Å². The summed E-state index contributed by atoms with van der Waals surface area (Å²) in [6.45, 7) is 6.60. The van der Waals surface area contributed by atoms with Crippen molar-refractivity contribution in [1.29, 1.82) is 0 Å². The van der Waals surface area contributed by atoms with Gasteiger partial charge in [-0.05, 0) is 24.6 Å². The van der Waals surface area contributed by atoms with Crippen molar-refractivity contribution in [3.63, 3.8) is 0 Å². The monoisotopic (exact) mass is 418 g/mol. The van der Waals surface area contributed by atoms with Gasteiger partial charge in [0.25, 0.3) is 0 Å². The molecule has 0 spiro atoms. The van der Waals surface area contributed by atoms with Crippen molar-refractivity contribution in [2.45, 2.75) is 26.3 Å². The van der Waals surface area contributed by atoms with E-state index in [-0.39, 0.29) is 6.03 Å². The molecule has 0 radical (unpaired) electrons. The lowest BCUT2D eigenvalue weighted by Crippen LogP contribution is -2.51. The second-order valence-corrected chi connectivity index (χ2v) is 7.95. The third-order valence-electron chi connectivity index (χ3n) is 5.10. The molecule has 1 aliphatic heterocycles. The molecule has 158 valence electrons. The Balaban J connectivity index is 1.43. The summed E-state index contributed by atoms with van der Waals surface area (Å²) in [6.07, 6.45) is 1.74. The van der Waals surface area contributed by atoms with Gasteiger partial charge in [0.15, 0.2) is 0 Å². The van der Waals surface area contributed by atoms with Crippen LogP contribution in [0.3, 0.4) is 0 Å². The van der Waals surface area contributed by atoms with E-state index in [9.17, 15) is 4.79 Å². The number of carbonyl (C=O) groups excluding carboxylic acids is 1. The number of hydrogen-bond donors (Lipinski definition) is 1. The average molecular weight is 419 g/mol. The van der Waals surface area contributed by atoms with Crippen LogP contribution in [-0.4, -0.2) is 67.8 Å². The highest BCUT2D eigenvalue weighted by Crippen LogP contribution is 2.25. The van der Waals surface area contributed by atoms with E-state index < -0.39 is 0 Å². The number of aromatic nitrogens is 1. The summed E-state index contributed by atoms with van der Waals surface area (Å²) in [4.78, 5) is 21.2. The first-order chi connectivity index (χ1) is 14.1. The smallest absolute Gasteiger partial charge is 0.317 e. The molecule has 1 aromatic heterocycles. The van der Waals surface area contributed by atoms with Crippen LogP contribution in [0.5, 0.6) is 11.5 Å². The fraction of sp³-hybridized carbons (Fsp3) is 0.524. The molecule has 1 aromatic carbocycles. The number of urea groups is 1. The Hall–Kier alpha value is -2.32. The minimum absolute atomic E-state index is 0.00885. The molecule has 8 heteroatoms. The van der Waals surface area contributed by atoms with E-state index in [4.69, 9.17) is 9.47 Å². The van der Waals surface area contributed by atoms with Crippen molar-refractivity contribution in [3.8, 4) is 11.5 Å². The zero-order valence-electron chi connectivity index (χ0n) is 17.4. The van der Waals surface area contributed by atoms with Crippen LogP contribution in [-0.2, 0) is 19.4 Å². The number of rotatable bonds is 8. The molecule has 0 atom stereocenters. The molecule has 0 saturated carbocycles. The lowest BCUT2D eigenvalue weighted by Gasteiger charge is -2.35. The molecule has 2 heterocycles. The zero-order valence-corrected chi connectivity index (χ0v) is 18.3. The number of aryl methyl sites for hydroxylation is 1. The first kappa shape index (κ1) is 21.4. The predicted octanol–water partition coefficient (Wildman–Crippen LogP) is 2.79. The average Bonchev–Trinajstić information content (AvgIpc) is 3.22. The van der Waals surface area contributed by atoms with Crippen molar-refractivity contribution in [2.24, 2.45) is 0 Å². The summed E-state index contributed by atoms with van der Waals surface area (Å²) in [7, 11) is 3.35. The van der Waals surface area contributed by atoms with Gasteiger partial charge < -0.3 is 19.7 Å². The highest BCUT2D eigenvalue weighted by atomic mass is 32.1. The van der Waals surface area contributed by atoms with E-state index in [0.29, 0.717) is 6.54 Å². The number of nitrogens with zero attached hydrogens (tertiary/aromatic N) is 3. The second-order valence-electron chi connectivity index (χ2n) is 7.01. The quantitative estimate of drug-likeness (QED) is 0.714. The van der Waals surface area contributed by atoms with Gasteiger partial charge in [-0.3, -0.25) is 4.90 Å². The number of nitrogens with one attached hydrogen (secondary N) is 1. The van der Waals surface area contributed by atoms with Crippen molar-refractivity contribution in [2.75, 3.05) is 46.9 Å². The van der Waals surface area contributed by atoms with Crippen LogP contribution in [0.25, 0.3) is 0 Å². The third-order valence-corrected chi connectivity index (χ3v) is 6.14. The molecular formula is C21H30N4O3S. The Labute approximate surface area is 176 Å². The molecule has 3 rings (SSSR count). The van der Waals surface area contributed by atoms with E-state index in [1.165, 1.54) is 0 Å². The number of thiazole rings is 1. The van der Waals surface area contributed by atoms with E-state index in [2.05, 4.69) is 27.5 Å². The maximum atomic E-state index is 12.4. The third kappa shape index (κ3) is 5.83. The largest absolute Gasteiger partial charge is 0.497 e. The first-order valence-corrected chi connectivity index (χ1v) is 10.9. The lowest BCUT2D eigenvalue weighted by molar-refractivity contribution is 0.134. The first-order valence-electron chi connectivity index (χ1n) is 10.0. The molecule has 2 amide bonds. The molecule has 2 aromatic rings. The standard InChI is InChI=1S/C21H30N4O3S/c1-4-20-23-17(15-29-20)7-8-22-21(26)25-11-9-24(10-12-25)14-16-13-18(27-2)5-6-19(16)28-3/h5-6,13,15H,4,7-12,14H2,1-3H3,(H,22,26). The molecular weight excluding hydrogens is 388 g/mol. The molecule has 1 N–H and O–H groups in total. The summed E-state index contributed by atoms with van der Waals surface area (Å²) < 4.78 is 10.8. The van der Waals surface area contributed by atoms with Crippen molar-refractivity contribution in [3.05, 3.63) is 39.8 Å². The van der Waals surface area contributed by atoms with Gasteiger partial charge in [0.05, 0.1) is 24.9 Å². The summed E-state index contributed by atoms with van der Waals surface area (Å²) in [5.74, 6) is 1.68.